The van der Waals surface area contributed by atoms with Crippen molar-refractivity contribution in [1.82, 2.24) is 4.90 Å². The van der Waals surface area contributed by atoms with Crippen molar-refractivity contribution in [1.29, 1.82) is 0 Å². The van der Waals surface area contributed by atoms with E-state index in [9.17, 15) is 5.11 Å². The van der Waals surface area contributed by atoms with Gasteiger partial charge in [0, 0.05) is 25.6 Å². The summed E-state index contributed by atoms with van der Waals surface area (Å²) in [4.78, 5) is 2.64. The van der Waals surface area contributed by atoms with E-state index in [2.05, 4.69) is 11.0 Å². The molecule has 0 amide bonds. The van der Waals surface area contributed by atoms with Crippen LogP contribution in [0.25, 0.3) is 0 Å². The topological polar surface area (TPSA) is 32.7 Å². The quantitative estimate of drug-likeness (QED) is 0.909. The number of hydrogen-bond donors (Lipinski definition) is 1. The molecule has 0 radical (unpaired) electrons. The number of ether oxygens (including phenoxy) is 1. The van der Waals surface area contributed by atoms with Crippen LogP contribution in [0, 0.1) is 5.92 Å². The zero-order valence-corrected chi connectivity index (χ0v) is 12.4. The molecule has 4 rings (SSSR count). The number of aromatic hydroxyl groups is 1. The lowest BCUT2D eigenvalue weighted by atomic mass is 9.84. The molecule has 1 saturated heterocycles. The van der Waals surface area contributed by atoms with Crippen molar-refractivity contribution < 1.29 is 9.84 Å². The second-order valence-corrected chi connectivity index (χ2v) is 6.24. The molecule has 3 nitrogen and oxygen atoms in total. The Kier molecular flexibility index (Phi) is 3.93. The molecule has 20 heavy (non-hydrogen) atoms. The number of phenolic OH excluding ortho intramolecular Hbond substituents is 1. The molecule has 3 aliphatic rings. The van der Waals surface area contributed by atoms with E-state index in [-0.39, 0.29) is 18.5 Å². The van der Waals surface area contributed by atoms with Gasteiger partial charge >= 0.3 is 0 Å². The molecule has 2 aliphatic carbocycles. The van der Waals surface area contributed by atoms with Crippen LogP contribution in [0.4, 0.5) is 0 Å². The number of benzene rings is 1. The van der Waals surface area contributed by atoms with Gasteiger partial charge in [-0.05, 0) is 42.4 Å². The van der Waals surface area contributed by atoms with Gasteiger partial charge in [0.1, 0.15) is 5.75 Å². The summed E-state index contributed by atoms with van der Waals surface area (Å²) >= 11 is 0. The van der Waals surface area contributed by atoms with Gasteiger partial charge in [-0.3, -0.25) is 4.90 Å². The summed E-state index contributed by atoms with van der Waals surface area (Å²) in [5, 5.41) is 10.00. The Morgan fingerprint density at radius 2 is 2.10 bits per heavy atom. The Hall–Kier alpha value is -0.770. The number of morpholine rings is 1. The van der Waals surface area contributed by atoms with Gasteiger partial charge in [0.25, 0.3) is 0 Å². The standard InChI is InChI=1S/C16H21NO2.ClH/c18-15-3-1-2-12-8-14-16(9-13(12)15)19-7-6-17(14)10-11-4-5-11;/h1-3,11,14,16,18H,4-10H2;1H/t14-,16-;/m1./s1. The minimum Gasteiger partial charge on any atom is -0.508 e. The van der Waals surface area contributed by atoms with E-state index in [1.165, 1.54) is 24.9 Å². The van der Waals surface area contributed by atoms with Crippen molar-refractivity contribution >= 4 is 12.4 Å². The van der Waals surface area contributed by atoms with Crippen LogP contribution in [0.3, 0.4) is 0 Å². The van der Waals surface area contributed by atoms with E-state index >= 15 is 0 Å². The molecule has 1 aromatic carbocycles. The Morgan fingerprint density at radius 1 is 1.25 bits per heavy atom. The number of halogens is 1. The van der Waals surface area contributed by atoms with E-state index in [4.69, 9.17) is 4.74 Å². The normalized spacial score (nSPS) is 29.2. The molecule has 110 valence electrons. The lowest BCUT2D eigenvalue weighted by molar-refractivity contribution is -0.0756. The summed E-state index contributed by atoms with van der Waals surface area (Å²) in [6.45, 7) is 3.17. The van der Waals surface area contributed by atoms with Crippen LogP contribution in [0.5, 0.6) is 5.75 Å². The fourth-order valence-electron chi connectivity index (χ4n) is 3.62. The van der Waals surface area contributed by atoms with Crippen molar-refractivity contribution in [3.8, 4) is 5.75 Å². The minimum atomic E-state index is 0. The molecule has 1 aliphatic heterocycles. The predicted molar refractivity (Wildman–Crippen MR) is 80.6 cm³/mol. The first-order valence-electron chi connectivity index (χ1n) is 7.46. The van der Waals surface area contributed by atoms with Gasteiger partial charge in [0.15, 0.2) is 0 Å². The maximum atomic E-state index is 10.00. The van der Waals surface area contributed by atoms with E-state index in [1.807, 2.05) is 6.07 Å². The molecule has 0 unspecified atom stereocenters. The highest BCUT2D eigenvalue weighted by atomic mass is 35.5. The monoisotopic (exact) mass is 295 g/mol. The van der Waals surface area contributed by atoms with Crippen molar-refractivity contribution in [3.05, 3.63) is 29.3 Å². The second kappa shape index (κ2) is 5.55. The highest BCUT2D eigenvalue weighted by Crippen LogP contribution is 2.36. The Morgan fingerprint density at radius 3 is 2.90 bits per heavy atom. The van der Waals surface area contributed by atoms with Gasteiger partial charge in [-0.15, -0.1) is 12.4 Å². The molecule has 0 spiro atoms. The summed E-state index contributed by atoms with van der Waals surface area (Å²) in [6, 6.07) is 6.44. The van der Waals surface area contributed by atoms with Gasteiger partial charge in [-0.1, -0.05) is 12.1 Å². The molecule has 2 fully saturated rings. The number of rotatable bonds is 2. The average molecular weight is 296 g/mol. The van der Waals surface area contributed by atoms with Crippen LogP contribution < -0.4 is 0 Å². The first kappa shape index (κ1) is 14.2. The van der Waals surface area contributed by atoms with E-state index in [1.54, 1.807) is 6.07 Å². The highest BCUT2D eigenvalue weighted by molar-refractivity contribution is 5.85. The summed E-state index contributed by atoms with van der Waals surface area (Å²) in [6.07, 6.45) is 4.99. The van der Waals surface area contributed by atoms with E-state index < -0.39 is 0 Å². The molecule has 4 heteroatoms. The maximum absolute atomic E-state index is 10.00. The van der Waals surface area contributed by atoms with Gasteiger partial charge in [0.05, 0.1) is 12.7 Å². The van der Waals surface area contributed by atoms with Crippen LogP contribution in [0.2, 0.25) is 0 Å². The molecule has 0 bridgehead atoms. The number of hydrogen-bond acceptors (Lipinski definition) is 3. The lowest BCUT2D eigenvalue weighted by Crippen LogP contribution is -2.55. The maximum Gasteiger partial charge on any atom is 0.119 e. The fraction of sp³-hybridized carbons (Fsp3) is 0.625. The molecule has 2 atom stereocenters. The first-order chi connectivity index (χ1) is 9.31. The molecule has 0 aromatic heterocycles. The molecule has 1 saturated carbocycles. The van der Waals surface area contributed by atoms with Gasteiger partial charge < -0.3 is 9.84 Å². The predicted octanol–water partition coefficient (Wildman–Crippen LogP) is 2.39. The van der Waals surface area contributed by atoms with Crippen LogP contribution in [-0.4, -0.2) is 41.8 Å². The van der Waals surface area contributed by atoms with Crippen LogP contribution in [-0.2, 0) is 17.6 Å². The SMILES string of the molecule is Cl.Oc1cccc2c1C[C@H]1OCCN(CC3CC3)[C@@H]1C2. The van der Waals surface area contributed by atoms with Gasteiger partial charge in [-0.2, -0.15) is 0 Å². The highest BCUT2D eigenvalue weighted by Gasteiger charge is 2.39. The number of phenols is 1. The Balaban J connectivity index is 0.00000121. The van der Waals surface area contributed by atoms with Crippen LogP contribution >= 0.6 is 12.4 Å². The minimum absolute atomic E-state index is 0. The smallest absolute Gasteiger partial charge is 0.119 e. The van der Waals surface area contributed by atoms with Gasteiger partial charge in [-0.25, -0.2) is 0 Å². The summed E-state index contributed by atoms with van der Waals surface area (Å²) in [5.74, 6) is 1.38. The molecule has 1 aromatic rings. The molecular weight excluding hydrogens is 274 g/mol. The Labute approximate surface area is 126 Å². The van der Waals surface area contributed by atoms with Crippen molar-refractivity contribution in [2.45, 2.75) is 37.8 Å². The van der Waals surface area contributed by atoms with Crippen molar-refractivity contribution in [2.24, 2.45) is 5.92 Å². The molecule has 1 N–H and O–H groups in total. The third-order valence-corrected chi connectivity index (χ3v) is 4.88. The number of fused-ring (bicyclic) bond motifs is 2. The Bertz CT molecular complexity index is 489. The zero-order valence-electron chi connectivity index (χ0n) is 11.6. The zero-order chi connectivity index (χ0) is 12.8. The van der Waals surface area contributed by atoms with Crippen molar-refractivity contribution in [3.63, 3.8) is 0 Å². The largest absolute Gasteiger partial charge is 0.508 e. The van der Waals surface area contributed by atoms with Gasteiger partial charge in [0.2, 0.25) is 0 Å². The van der Waals surface area contributed by atoms with Crippen molar-refractivity contribution in [2.75, 3.05) is 19.7 Å². The number of nitrogens with zero attached hydrogens (tertiary/aromatic N) is 1. The van der Waals surface area contributed by atoms with E-state index in [0.717, 1.165) is 37.5 Å². The summed E-state index contributed by atoms with van der Waals surface area (Å²) in [5.41, 5.74) is 2.42. The molecular formula is C16H22ClNO2. The fourth-order valence-corrected chi connectivity index (χ4v) is 3.62. The lowest BCUT2D eigenvalue weighted by Gasteiger charge is -2.44. The van der Waals surface area contributed by atoms with Crippen LogP contribution in [0.1, 0.15) is 24.0 Å². The summed E-state index contributed by atoms with van der Waals surface area (Å²) < 4.78 is 5.97. The second-order valence-electron chi connectivity index (χ2n) is 6.24. The third kappa shape index (κ3) is 2.54. The van der Waals surface area contributed by atoms with Crippen LogP contribution in [0.15, 0.2) is 18.2 Å². The summed E-state index contributed by atoms with van der Waals surface area (Å²) in [7, 11) is 0. The molecule has 1 heterocycles. The van der Waals surface area contributed by atoms with E-state index in [0.29, 0.717) is 11.8 Å². The third-order valence-electron chi connectivity index (χ3n) is 4.88. The first-order valence-corrected chi connectivity index (χ1v) is 7.46. The average Bonchev–Trinajstić information content (AvgIpc) is 3.22.